The molecule has 4 aromatic rings. The van der Waals surface area contributed by atoms with E-state index in [9.17, 15) is 9.59 Å². The number of hydrogen-bond donors (Lipinski definition) is 0. The Morgan fingerprint density at radius 1 is 0.968 bits per heavy atom. The molecule has 0 aliphatic carbocycles. The van der Waals surface area contributed by atoms with Gasteiger partial charge in [0.2, 0.25) is 0 Å². The number of para-hydroxylation sites is 1. The predicted molar refractivity (Wildman–Crippen MR) is 132 cm³/mol. The zero-order chi connectivity index (χ0) is 21.5. The minimum absolute atomic E-state index is 0.107. The third kappa shape index (κ3) is 3.46. The standard InChI is InChI=1S/C25H18IN3O2/c1-28-22-10-6-5-9-18(22)19(24(28)30)14-23-27-21-12-11-17(26)13-20(21)25(31)29(23)15-16-7-3-2-4-8-16/h2-14H,15H2,1H3/b19-14-. The third-order valence-electron chi connectivity index (χ3n) is 5.49. The molecule has 5 nitrogen and oxygen atoms in total. The van der Waals surface area contributed by atoms with E-state index >= 15 is 0 Å². The van der Waals surface area contributed by atoms with Gasteiger partial charge in [0, 0.05) is 16.2 Å². The number of hydrogen-bond acceptors (Lipinski definition) is 3. The van der Waals surface area contributed by atoms with Crippen molar-refractivity contribution in [3.8, 4) is 0 Å². The molecule has 1 aliphatic rings. The van der Waals surface area contributed by atoms with E-state index in [1.807, 2.05) is 72.8 Å². The molecule has 0 saturated carbocycles. The van der Waals surface area contributed by atoms with E-state index in [1.54, 1.807) is 22.6 Å². The van der Waals surface area contributed by atoms with Crippen LogP contribution in [0.2, 0.25) is 0 Å². The van der Waals surface area contributed by atoms with Crippen LogP contribution in [0, 0.1) is 3.57 Å². The number of halogens is 1. The average Bonchev–Trinajstić information content (AvgIpc) is 3.03. The van der Waals surface area contributed by atoms with Crippen molar-refractivity contribution in [1.82, 2.24) is 9.55 Å². The van der Waals surface area contributed by atoms with Crippen LogP contribution in [0.5, 0.6) is 0 Å². The summed E-state index contributed by atoms with van der Waals surface area (Å²) in [6.07, 6.45) is 1.74. The molecule has 152 valence electrons. The molecule has 0 spiro atoms. The number of amides is 1. The smallest absolute Gasteiger partial charge is 0.261 e. The first-order valence-corrected chi connectivity index (χ1v) is 10.9. The zero-order valence-electron chi connectivity index (χ0n) is 16.7. The Kier molecular flexibility index (Phi) is 4.94. The van der Waals surface area contributed by atoms with Gasteiger partial charge in [0.25, 0.3) is 11.5 Å². The molecule has 0 atom stereocenters. The number of likely N-dealkylation sites (N-methyl/N-ethyl adjacent to an activating group) is 1. The van der Waals surface area contributed by atoms with Gasteiger partial charge in [-0.1, -0.05) is 48.5 Å². The van der Waals surface area contributed by atoms with Crippen LogP contribution in [0.15, 0.2) is 77.6 Å². The molecular formula is C25H18IN3O2. The van der Waals surface area contributed by atoms with Gasteiger partial charge in [0.05, 0.1) is 28.7 Å². The van der Waals surface area contributed by atoms with Gasteiger partial charge in [-0.05, 0) is 58.5 Å². The molecular weight excluding hydrogens is 501 g/mol. The van der Waals surface area contributed by atoms with Gasteiger partial charge in [-0.25, -0.2) is 4.98 Å². The Morgan fingerprint density at radius 3 is 2.52 bits per heavy atom. The second-order valence-corrected chi connectivity index (χ2v) is 8.69. The van der Waals surface area contributed by atoms with Crippen molar-refractivity contribution in [3.05, 3.63) is 104 Å². The Morgan fingerprint density at radius 2 is 1.71 bits per heavy atom. The van der Waals surface area contributed by atoms with Crippen LogP contribution in [0.25, 0.3) is 22.6 Å². The summed E-state index contributed by atoms with van der Waals surface area (Å²) in [5.74, 6) is 0.362. The number of anilines is 1. The minimum Gasteiger partial charge on any atom is -0.311 e. The van der Waals surface area contributed by atoms with Crippen LogP contribution < -0.4 is 10.5 Å². The largest absolute Gasteiger partial charge is 0.311 e. The van der Waals surface area contributed by atoms with Crippen molar-refractivity contribution in [1.29, 1.82) is 0 Å². The third-order valence-corrected chi connectivity index (χ3v) is 6.16. The highest BCUT2D eigenvalue weighted by atomic mass is 127. The van der Waals surface area contributed by atoms with E-state index in [2.05, 4.69) is 22.6 Å². The fourth-order valence-electron chi connectivity index (χ4n) is 3.91. The molecule has 2 heterocycles. The maximum Gasteiger partial charge on any atom is 0.261 e. The summed E-state index contributed by atoms with van der Waals surface area (Å²) >= 11 is 2.20. The van der Waals surface area contributed by atoms with Gasteiger partial charge in [-0.2, -0.15) is 0 Å². The van der Waals surface area contributed by atoms with E-state index in [0.29, 0.717) is 28.8 Å². The summed E-state index contributed by atoms with van der Waals surface area (Å²) in [5, 5.41) is 0.570. The summed E-state index contributed by atoms with van der Waals surface area (Å²) in [4.78, 5) is 32.8. The highest BCUT2D eigenvalue weighted by Gasteiger charge is 2.29. The SMILES string of the molecule is CN1C(=O)/C(=C\c2nc3ccc(I)cc3c(=O)n2Cc2ccccc2)c2ccccc21. The van der Waals surface area contributed by atoms with Crippen LogP contribution >= 0.6 is 22.6 Å². The first-order valence-electron chi connectivity index (χ1n) is 9.86. The van der Waals surface area contributed by atoms with Gasteiger partial charge in [-0.15, -0.1) is 0 Å². The topological polar surface area (TPSA) is 55.2 Å². The summed E-state index contributed by atoms with van der Waals surface area (Å²) in [6.45, 7) is 0.374. The lowest BCUT2D eigenvalue weighted by atomic mass is 10.1. The summed E-state index contributed by atoms with van der Waals surface area (Å²) in [6, 6.07) is 23.1. The Balaban J connectivity index is 1.76. The van der Waals surface area contributed by atoms with Gasteiger partial charge in [0.15, 0.2) is 0 Å². The molecule has 6 heteroatoms. The van der Waals surface area contributed by atoms with Crippen molar-refractivity contribution >= 4 is 56.7 Å². The van der Waals surface area contributed by atoms with Crippen LogP contribution in [0.1, 0.15) is 17.0 Å². The Bertz CT molecular complexity index is 1420. The zero-order valence-corrected chi connectivity index (χ0v) is 18.9. The van der Waals surface area contributed by atoms with Gasteiger partial charge in [0.1, 0.15) is 5.82 Å². The number of benzene rings is 3. The van der Waals surface area contributed by atoms with Crippen LogP contribution in [-0.2, 0) is 11.3 Å². The molecule has 0 saturated heterocycles. The summed E-state index contributed by atoms with van der Waals surface area (Å²) < 4.78 is 2.62. The molecule has 1 aromatic heterocycles. The molecule has 1 amide bonds. The van der Waals surface area contributed by atoms with Crippen LogP contribution in [0.4, 0.5) is 5.69 Å². The summed E-state index contributed by atoms with van der Waals surface area (Å²) in [7, 11) is 1.76. The molecule has 31 heavy (non-hydrogen) atoms. The lowest BCUT2D eigenvalue weighted by Gasteiger charge is -2.12. The maximum absolute atomic E-state index is 13.5. The predicted octanol–water partition coefficient (Wildman–Crippen LogP) is 4.57. The maximum atomic E-state index is 13.5. The van der Waals surface area contributed by atoms with Gasteiger partial charge >= 0.3 is 0 Å². The normalized spacial score (nSPS) is 14.5. The fraction of sp³-hybridized carbons (Fsp3) is 0.0800. The first-order chi connectivity index (χ1) is 15.0. The number of aromatic nitrogens is 2. The second-order valence-electron chi connectivity index (χ2n) is 7.45. The molecule has 0 N–H and O–H groups in total. The molecule has 3 aromatic carbocycles. The molecule has 0 fully saturated rings. The highest BCUT2D eigenvalue weighted by Crippen LogP contribution is 2.36. The Hall–Kier alpha value is -3.26. The van der Waals surface area contributed by atoms with E-state index < -0.39 is 0 Å². The van der Waals surface area contributed by atoms with Crippen molar-refractivity contribution in [2.45, 2.75) is 6.54 Å². The lowest BCUT2D eigenvalue weighted by molar-refractivity contribution is -0.112. The van der Waals surface area contributed by atoms with Crippen LogP contribution in [0.3, 0.4) is 0 Å². The van der Waals surface area contributed by atoms with Crippen LogP contribution in [-0.4, -0.2) is 22.5 Å². The fourth-order valence-corrected chi connectivity index (χ4v) is 4.40. The second kappa shape index (κ2) is 7.77. The van der Waals surface area contributed by atoms with E-state index in [0.717, 1.165) is 20.4 Å². The monoisotopic (exact) mass is 519 g/mol. The minimum atomic E-state index is -0.119. The van der Waals surface area contributed by atoms with Crippen molar-refractivity contribution in [2.75, 3.05) is 11.9 Å². The lowest BCUT2D eigenvalue weighted by Crippen LogP contribution is -2.25. The van der Waals surface area contributed by atoms with Gasteiger partial charge in [-0.3, -0.25) is 14.2 Å². The first kappa shape index (κ1) is 19.7. The van der Waals surface area contributed by atoms with E-state index in [-0.39, 0.29) is 11.5 Å². The molecule has 0 unspecified atom stereocenters. The number of carbonyl (C=O) groups excluding carboxylic acids is 1. The number of carbonyl (C=O) groups is 1. The van der Waals surface area contributed by atoms with E-state index in [4.69, 9.17) is 4.98 Å². The quantitative estimate of drug-likeness (QED) is 0.295. The number of nitrogens with zero attached hydrogens (tertiary/aromatic N) is 3. The highest BCUT2D eigenvalue weighted by molar-refractivity contribution is 14.1. The van der Waals surface area contributed by atoms with Crippen molar-refractivity contribution in [3.63, 3.8) is 0 Å². The van der Waals surface area contributed by atoms with Crippen molar-refractivity contribution < 1.29 is 4.79 Å². The molecule has 1 aliphatic heterocycles. The average molecular weight is 519 g/mol. The Labute approximate surface area is 192 Å². The van der Waals surface area contributed by atoms with Gasteiger partial charge < -0.3 is 4.90 Å². The summed E-state index contributed by atoms with van der Waals surface area (Å²) in [5.41, 5.74) is 3.73. The molecule has 0 bridgehead atoms. The molecule has 0 radical (unpaired) electrons. The van der Waals surface area contributed by atoms with E-state index in [1.165, 1.54) is 0 Å². The molecule has 5 rings (SSSR count). The number of fused-ring (bicyclic) bond motifs is 2. The number of rotatable bonds is 3. The van der Waals surface area contributed by atoms with Crippen molar-refractivity contribution in [2.24, 2.45) is 0 Å².